The molecule has 3 heteroatoms. The van der Waals surface area contributed by atoms with Gasteiger partial charge in [0.25, 0.3) is 0 Å². The van der Waals surface area contributed by atoms with Gasteiger partial charge in [0.05, 0.1) is 6.04 Å². The van der Waals surface area contributed by atoms with Crippen molar-refractivity contribution in [3.63, 3.8) is 0 Å². The first-order valence-corrected chi connectivity index (χ1v) is 5.14. The van der Waals surface area contributed by atoms with Crippen LogP contribution in [0.2, 0.25) is 0 Å². The summed E-state index contributed by atoms with van der Waals surface area (Å²) < 4.78 is 1.04. The molecule has 0 atom stereocenters. The smallest absolute Gasteiger partial charge is 0.125 e. The molecule has 0 saturated heterocycles. The Morgan fingerprint density at radius 3 is 2.85 bits per heavy atom. The quantitative estimate of drug-likeness (QED) is 0.624. The summed E-state index contributed by atoms with van der Waals surface area (Å²) in [5, 5.41) is 0. The fraction of sp³-hybridized carbons (Fsp3) is 0.300. The zero-order valence-corrected chi connectivity index (χ0v) is 8.79. The van der Waals surface area contributed by atoms with E-state index in [1.54, 1.807) is 0 Å². The van der Waals surface area contributed by atoms with Crippen LogP contribution in [0, 0.1) is 0 Å². The van der Waals surface area contributed by atoms with Crippen LogP contribution in [-0.4, -0.2) is 11.9 Å². The van der Waals surface area contributed by atoms with Crippen molar-refractivity contribution < 1.29 is 0 Å². The lowest BCUT2D eigenvalue weighted by molar-refractivity contribution is 1.06. The molecule has 0 aromatic heterocycles. The largest absolute Gasteiger partial charge is 0.383 e. The predicted molar refractivity (Wildman–Crippen MR) is 57.9 cm³/mol. The minimum absolute atomic E-state index is 0.485. The van der Waals surface area contributed by atoms with E-state index >= 15 is 0 Å². The Balaban J connectivity index is 2.23. The van der Waals surface area contributed by atoms with Gasteiger partial charge in [-0.3, -0.25) is 4.99 Å². The molecule has 1 aromatic carbocycles. The van der Waals surface area contributed by atoms with Gasteiger partial charge >= 0.3 is 0 Å². The monoisotopic (exact) mass is 238 g/mol. The minimum atomic E-state index is 0.485. The van der Waals surface area contributed by atoms with E-state index in [0.29, 0.717) is 11.9 Å². The van der Waals surface area contributed by atoms with E-state index in [2.05, 4.69) is 20.9 Å². The summed E-state index contributed by atoms with van der Waals surface area (Å²) in [5.74, 6) is 0.656. The number of amidine groups is 1. The van der Waals surface area contributed by atoms with E-state index in [1.807, 2.05) is 24.3 Å². The average molecular weight is 239 g/mol. The van der Waals surface area contributed by atoms with Crippen molar-refractivity contribution >= 4 is 21.8 Å². The van der Waals surface area contributed by atoms with Crippen molar-refractivity contribution in [1.29, 1.82) is 0 Å². The zero-order valence-electron chi connectivity index (χ0n) is 7.20. The van der Waals surface area contributed by atoms with E-state index in [4.69, 9.17) is 5.73 Å². The molecule has 0 spiro atoms. The van der Waals surface area contributed by atoms with E-state index in [1.165, 1.54) is 12.8 Å². The Morgan fingerprint density at radius 1 is 1.46 bits per heavy atom. The van der Waals surface area contributed by atoms with Gasteiger partial charge in [-0.1, -0.05) is 28.1 Å². The molecule has 0 amide bonds. The van der Waals surface area contributed by atoms with Gasteiger partial charge in [-0.15, -0.1) is 0 Å². The highest BCUT2D eigenvalue weighted by molar-refractivity contribution is 9.10. The van der Waals surface area contributed by atoms with Crippen LogP contribution in [0.5, 0.6) is 0 Å². The van der Waals surface area contributed by atoms with E-state index in [-0.39, 0.29) is 0 Å². The standard InChI is InChI=1S/C10H11BrN2/c11-8-3-1-2-7(6-8)10(12)13-9-4-5-9/h1-3,6,9H,4-5H2,(H2,12,13). The summed E-state index contributed by atoms with van der Waals surface area (Å²) in [7, 11) is 0. The van der Waals surface area contributed by atoms with Gasteiger partial charge in [-0.25, -0.2) is 0 Å². The molecule has 1 aliphatic carbocycles. The Morgan fingerprint density at radius 2 is 2.23 bits per heavy atom. The van der Waals surface area contributed by atoms with Gasteiger partial charge in [-0.05, 0) is 25.0 Å². The third-order valence-corrected chi connectivity index (χ3v) is 2.48. The zero-order chi connectivity index (χ0) is 9.26. The molecular weight excluding hydrogens is 228 g/mol. The second kappa shape index (κ2) is 3.50. The fourth-order valence-corrected chi connectivity index (χ4v) is 1.52. The average Bonchev–Trinajstić information content (AvgIpc) is 2.88. The molecule has 1 aliphatic rings. The molecule has 0 radical (unpaired) electrons. The molecule has 1 fully saturated rings. The fourth-order valence-electron chi connectivity index (χ4n) is 1.12. The number of hydrogen-bond donors (Lipinski definition) is 1. The highest BCUT2D eigenvalue weighted by Gasteiger charge is 2.20. The molecule has 13 heavy (non-hydrogen) atoms. The highest BCUT2D eigenvalue weighted by Crippen LogP contribution is 2.24. The number of aliphatic imine (C=N–C) groups is 1. The number of nitrogens with zero attached hydrogens (tertiary/aromatic N) is 1. The molecule has 0 aliphatic heterocycles. The first-order valence-electron chi connectivity index (χ1n) is 4.35. The number of hydrogen-bond acceptors (Lipinski definition) is 1. The highest BCUT2D eigenvalue weighted by atomic mass is 79.9. The Kier molecular flexibility index (Phi) is 2.36. The molecule has 0 unspecified atom stereocenters. The second-order valence-corrected chi connectivity index (χ2v) is 4.17. The number of benzene rings is 1. The van der Waals surface area contributed by atoms with Crippen LogP contribution in [-0.2, 0) is 0 Å². The number of nitrogens with two attached hydrogens (primary N) is 1. The lowest BCUT2D eigenvalue weighted by Crippen LogP contribution is -2.13. The van der Waals surface area contributed by atoms with Gasteiger partial charge in [-0.2, -0.15) is 0 Å². The first kappa shape index (κ1) is 8.75. The first-order chi connectivity index (χ1) is 6.25. The Labute approximate surface area is 86.0 Å². The molecular formula is C10H11BrN2. The topological polar surface area (TPSA) is 38.4 Å². The lowest BCUT2D eigenvalue weighted by atomic mass is 10.2. The molecule has 68 valence electrons. The third kappa shape index (κ3) is 2.31. The molecule has 1 saturated carbocycles. The van der Waals surface area contributed by atoms with Crippen LogP contribution in [0.25, 0.3) is 0 Å². The predicted octanol–water partition coefficient (Wildman–Crippen LogP) is 2.32. The lowest BCUT2D eigenvalue weighted by Gasteiger charge is -2.00. The van der Waals surface area contributed by atoms with Gasteiger partial charge in [0.1, 0.15) is 5.84 Å². The van der Waals surface area contributed by atoms with Gasteiger partial charge in [0.15, 0.2) is 0 Å². The molecule has 1 aromatic rings. The summed E-state index contributed by atoms with van der Waals surface area (Å²) in [6.45, 7) is 0. The van der Waals surface area contributed by atoms with Crippen molar-refractivity contribution in [2.75, 3.05) is 0 Å². The summed E-state index contributed by atoms with van der Waals surface area (Å²) in [4.78, 5) is 4.37. The second-order valence-electron chi connectivity index (χ2n) is 3.26. The van der Waals surface area contributed by atoms with Gasteiger partial charge in [0, 0.05) is 10.0 Å². The summed E-state index contributed by atoms with van der Waals surface area (Å²) >= 11 is 3.40. The minimum Gasteiger partial charge on any atom is -0.383 e. The summed E-state index contributed by atoms with van der Waals surface area (Å²) in [6.07, 6.45) is 2.38. The van der Waals surface area contributed by atoms with E-state index < -0.39 is 0 Å². The maximum Gasteiger partial charge on any atom is 0.125 e. The number of rotatable bonds is 2. The van der Waals surface area contributed by atoms with Crippen LogP contribution in [0.1, 0.15) is 18.4 Å². The van der Waals surface area contributed by atoms with Crippen molar-refractivity contribution in [2.24, 2.45) is 10.7 Å². The van der Waals surface area contributed by atoms with Gasteiger partial charge < -0.3 is 5.73 Å². The third-order valence-electron chi connectivity index (χ3n) is 1.99. The van der Waals surface area contributed by atoms with Gasteiger partial charge in [0.2, 0.25) is 0 Å². The van der Waals surface area contributed by atoms with Crippen molar-refractivity contribution in [3.8, 4) is 0 Å². The van der Waals surface area contributed by atoms with Crippen LogP contribution in [0.3, 0.4) is 0 Å². The van der Waals surface area contributed by atoms with Crippen molar-refractivity contribution in [1.82, 2.24) is 0 Å². The SMILES string of the molecule is NC(=NC1CC1)c1cccc(Br)c1. The summed E-state index contributed by atoms with van der Waals surface area (Å²) in [6, 6.07) is 8.40. The molecule has 2 rings (SSSR count). The van der Waals surface area contributed by atoms with E-state index in [9.17, 15) is 0 Å². The van der Waals surface area contributed by atoms with Crippen molar-refractivity contribution in [3.05, 3.63) is 34.3 Å². The van der Waals surface area contributed by atoms with Crippen LogP contribution < -0.4 is 5.73 Å². The summed E-state index contributed by atoms with van der Waals surface area (Å²) in [5.41, 5.74) is 6.84. The Hall–Kier alpha value is -0.830. The molecule has 0 bridgehead atoms. The van der Waals surface area contributed by atoms with Crippen molar-refractivity contribution in [2.45, 2.75) is 18.9 Å². The maximum absolute atomic E-state index is 5.83. The van der Waals surface area contributed by atoms with Crippen LogP contribution in [0.4, 0.5) is 0 Å². The van der Waals surface area contributed by atoms with E-state index in [0.717, 1.165) is 10.0 Å². The maximum atomic E-state index is 5.83. The number of halogens is 1. The van der Waals surface area contributed by atoms with Crippen LogP contribution in [0.15, 0.2) is 33.7 Å². The molecule has 2 nitrogen and oxygen atoms in total. The van der Waals surface area contributed by atoms with Crippen LogP contribution >= 0.6 is 15.9 Å². The molecule has 2 N–H and O–H groups in total. The normalized spacial score (nSPS) is 17.5. The molecule has 0 heterocycles. The Bertz CT molecular complexity index is 343.